The number of hydrogen-bond acceptors (Lipinski definition) is 4. The molecule has 6 nitrogen and oxygen atoms in total. The Labute approximate surface area is 124 Å². The molecule has 0 amide bonds. The largest absolute Gasteiger partial charge is 0.497 e. The zero-order valence-electron chi connectivity index (χ0n) is 12.5. The summed E-state index contributed by atoms with van der Waals surface area (Å²) in [6.07, 6.45) is 0.766. The lowest BCUT2D eigenvalue weighted by Crippen LogP contribution is -2.22. The van der Waals surface area contributed by atoms with Gasteiger partial charge in [0.15, 0.2) is 11.9 Å². The molecule has 0 radical (unpaired) electrons. The first-order chi connectivity index (χ1) is 10.1. The Morgan fingerprint density at radius 3 is 2.95 bits per heavy atom. The van der Waals surface area contributed by atoms with Crippen LogP contribution in [0.3, 0.4) is 0 Å². The number of nitrogens with zero attached hydrogens (tertiary/aromatic N) is 2. The van der Waals surface area contributed by atoms with E-state index in [4.69, 9.17) is 14.9 Å². The average molecular weight is 288 g/mol. The van der Waals surface area contributed by atoms with Crippen molar-refractivity contribution in [2.45, 2.75) is 26.8 Å². The summed E-state index contributed by atoms with van der Waals surface area (Å²) in [4.78, 5) is 8.56. The Hall–Kier alpha value is -2.50. The maximum absolute atomic E-state index is 5.87. The van der Waals surface area contributed by atoms with E-state index in [1.54, 1.807) is 7.11 Å². The summed E-state index contributed by atoms with van der Waals surface area (Å²) < 4.78 is 10.7. The third-order valence-electron chi connectivity index (χ3n) is 2.97. The van der Waals surface area contributed by atoms with Crippen LogP contribution in [-0.4, -0.2) is 18.1 Å². The molecule has 0 aliphatic carbocycles. The van der Waals surface area contributed by atoms with Gasteiger partial charge in [-0.25, -0.2) is 9.98 Å². The Balaban J connectivity index is 2.01. The number of aryl methyl sites for hydroxylation is 2. The van der Waals surface area contributed by atoms with Crippen LogP contribution in [0.15, 0.2) is 33.7 Å². The number of ether oxygens (including phenoxy) is 1. The quantitative estimate of drug-likeness (QED) is 0.652. The number of rotatable bonds is 5. The number of nitrogens with two attached hydrogens (primary N) is 1. The Morgan fingerprint density at radius 1 is 1.48 bits per heavy atom. The fraction of sp³-hybridized carbons (Fsp3) is 0.333. The van der Waals surface area contributed by atoms with E-state index in [1.807, 2.05) is 38.1 Å². The molecule has 0 bridgehead atoms. The van der Waals surface area contributed by atoms with E-state index in [-0.39, 0.29) is 0 Å². The molecule has 1 aromatic heterocycles. The molecule has 2 aromatic rings. The lowest BCUT2D eigenvalue weighted by Gasteiger charge is -2.07. The lowest BCUT2D eigenvalue weighted by molar-refractivity contribution is 0.415. The van der Waals surface area contributed by atoms with Crippen LogP contribution >= 0.6 is 0 Å². The maximum atomic E-state index is 5.87. The van der Waals surface area contributed by atoms with E-state index in [1.165, 1.54) is 0 Å². The highest BCUT2D eigenvalue weighted by molar-refractivity contribution is 5.92. The van der Waals surface area contributed by atoms with Crippen molar-refractivity contribution in [3.63, 3.8) is 0 Å². The summed E-state index contributed by atoms with van der Waals surface area (Å²) in [7, 11) is 1.62. The van der Waals surface area contributed by atoms with Crippen LogP contribution in [0.4, 0.5) is 5.69 Å². The zero-order chi connectivity index (χ0) is 15.2. The summed E-state index contributed by atoms with van der Waals surface area (Å²) in [6, 6.07) is 7.47. The molecule has 0 aliphatic rings. The second kappa shape index (κ2) is 6.78. The smallest absolute Gasteiger partial charge is 0.194 e. The average Bonchev–Trinajstić information content (AvgIpc) is 2.86. The monoisotopic (exact) mass is 288 g/mol. The molecule has 6 heteroatoms. The van der Waals surface area contributed by atoms with E-state index in [2.05, 4.69) is 15.3 Å². The van der Waals surface area contributed by atoms with Gasteiger partial charge in [-0.2, -0.15) is 0 Å². The topological polar surface area (TPSA) is 85.7 Å². The van der Waals surface area contributed by atoms with Crippen molar-refractivity contribution in [1.82, 2.24) is 4.98 Å². The van der Waals surface area contributed by atoms with Gasteiger partial charge in [0.1, 0.15) is 18.1 Å². The summed E-state index contributed by atoms with van der Waals surface area (Å²) in [5.41, 5.74) is 7.54. The van der Waals surface area contributed by atoms with Gasteiger partial charge in [-0.1, -0.05) is 13.0 Å². The summed E-state index contributed by atoms with van der Waals surface area (Å²) in [5, 5.41) is 3.01. The van der Waals surface area contributed by atoms with Crippen molar-refractivity contribution in [1.29, 1.82) is 0 Å². The molecule has 3 N–H and O–H groups in total. The van der Waals surface area contributed by atoms with Gasteiger partial charge in [0.05, 0.1) is 12.8 Å². The number of guanidine groups is 1. The standard InChI is InChI=1S/C15H20N4O2/c1-4-14-18-10(2)13(21-14)9-17-15(16)19-11-6-5-7-12(8-11)20-3/h5-8H,4,9H2,1-3H3,(H3,16,17,19). The number of aliphatic imine (C=N–C) groups is 1. The molecule has 2 rings (SSSR count). The van der Waals surface area contributed by atoms with Gasteiger partial charge < -0.3 is 20.2 Å². The molecule has 0 saturated heterocycles. The van der Waals surface area contributed by atoms with Gasteiger partial charge >= 0.3 is 0 Å². The molecular formula is C15H20N4O2. The molecule has 21 heavy (non-hydrogen) atoms. The molecule has 0 spiro atoms. The molecule has 0 fully saturated rings. The predicted octanol–water partition coefficient (Wildman–Crippen LogP) is 2.48. The van der Waals surface area contributed by atoms with Crippen LogP contribution in [0.25, 0.3) is 0 Å². The van der Waals surface area contributed by atoms with Crippen LogP contribution in [0.5, 0.6) is 5.75 Å². The van der Waals surface area contributed by atoms with Crippen molar-refractivity contribution in [2.24, 2.45) is 10.7 Å². The fourth-order valence-corrected chi connectivity index (χ4v) is 1.83. The third kappa shape index (κ3) is 3.98. The van der Waals surface area contributed by atoms with E-state index < -0.39 is 0 Å². The molecule has 0 atom stereocenters. The predicted molar refractivity (Wildman–Crippen MR) is 82.6 cm³/mol. The van der Waals surface area contributed by atoms with Crippen LogP contribution in [0.2, 0.25) is 0 Å². The Morgan fingerprint density at radius 2 is 2.29 bits per heavy atom. The number of anilines is 1. The SMILES string of the molecule is CCc1nc(C)c(CN=C(N)Nc2cccc(OC)c2)o1. The van der Waals surface area contributed by atoms with Crippen LogP contribution in [0, 0.1) is 6.92 Å². The molecule has 1 aromatic carbocycles. The maximum Gasteiger partial charge on any atom is 0.194 e. The highest BCUT2D eigenvalue weighted by Gasteiger charge is 2.07. The molecule has 1 heterocycles. The van der Waals surface area contributed by atoms with Gasteiger partial charge in [-0.15, -0.1) is 0 Å². The van der Waals surface area contributed by atoms with Crippen molar-refractivity contribution in [3.05, 3.63) is 41.6 Å². The van der Waals surface area contributed by atoms with Gasteiger partial charge in [0, 0.05) is 18.2 Å². The number of hydrogen-bond donors (Lipinski definition) is 2. The van der Waals surface area contributed by atoms with Gasteiger partial charge in [-0.05, 0) is 19.1 Å². The molecule has 0 saturated carbocycles. The first-order valence-electron chi connectivity index (χ1n) is 6.78. The number of benzene rings is 1. The normalized spacial score (nSPS) is 11.5. The Kier molecular flexibility index (Phi) is 4.81. The minimum absolute atomic E-state index is 0.317. The zero-order valence-corrected chi connectivity index (χ0v) is 12.5. The highest BCUT2D eigenvalue weighted by Crippen LogP contribution is 2.16. The van der Waals surface area contributed by atoms with Crippen LogP contribution in [0.1, 0.15) is 24.3 Å². The minimum Gasteiger partial charge on any atom is -0.497 e. The molecular weight excluding hydrogens is 268 g/mol. The van der Waals surface area contributed by atoms with Crippen molar-refractivity contribution >= 4 is 11.6 Å². The van der Waals surface area contributed by atoms with E-state index in [0.717, 1.165) is 35.2 Å². The van der Waals surface area contributed by atoms with Crippen LogP contribution in [-0.2, 0) is 13.0 Å². The van der Waals surface area contributed by atoms with Crippen molar-refractivity contribution in [3.8, 4) is 5.75 Å². The summed E-state index contributed by atoms with van der Waals surface area (Å²) in [5.74, 6) is 2.53. The second-order valence-electron chi connectivity index (χ2n) is 4.53. The van der Waals surface area contributed by atoms with Crippen molar-refractivity contribution in [2.75, 3.05) is 12.4 Å². The van der Waals surface area contributed by atoms with E-state index in [0.29, 0.717) is 12.5 Å². The summed E-state index contributed by atoms with van der Waals surface area (Å²) >= 11 is 0. The van der Waals surface area contributed by atoms with E-state index >= 15 is 0 Å². The van der Waals surface area contributed by atoms with Gasteiger partial charge in [0.2, 0.25) is 0 Å². The second-order valence-corrected chi connectivity index (χ2v) is 4.53. The Bertz CT molecular complexity index is 634. The van der Waals surface area contributed by atoms with Gasteiger partial charge in [0.25, 0.3) is 0 Å². The highest BCUT2D eigenvalue weighted by atomic mass is 16.5. The van der Waals surface area contributed by atoms with Crippen molar-refractivity contribution < 1.29 is 9.15 Å². The molecule has 112 valence electrons. The number of nitrogens with one attached hydrogen (secondary N) is 1. The van der Waals surface area contributed by atoms with Gasteiger partial charge in [-0.3, -0.25) is 0 Å². The third-order valence-corrected chi connectivity index (χ3v) is 2.97. The molecule has 0 unspecified atom stereocenters. The molecule has 0 aliphatic heterocycles. The summed E-state index contributed by atoms with van der Waals surface area (Å²) in [6.45, 7) is 4.26. The number of methoxy groups -OCH3 is 1. The first kappa shape index (κ1) is 14.9. The van der Waals surface area contributed by atoms with E-state index in [9.17, 15) is 0 Å². The van der Waals surface area contributed by atoms with Crippen LogP contribution < -0.4 is 15.8 Å². The number of oxazole rings is 1. The fourth-order valence-electron chi connectivity index (χ4n) is 1.83. The minimum atomic E-state index is 0.317. The number of aromatic nitrogens is 1. The first-order valence-corrected chi connectivity index (χ1v) is 6.78. The lowest BCUT2D eigenvalue weighted by atomic mass is 10.3.